The Morgan fingerprint density at radius 1 is 1.18 bits per heavy atom. The first-order chi connectivity index (χ1) is 8.13. The third-order valence-corrected chi connectivity index (χ3v) is 2.69. The number of carbonyl (C=O) groups is 1. The molecule has 0 N–H and O–H groups in total. The van der Waals surface area contributed by atoms with Gasteiger partial charge in [-0.15, -0.1) is 0 Å². The molecule has 0 aliphatic carbocycles. The summed E-state index contributed by atoms with van der Waals surface area (Å²) in [5.74, 6) is -0.195. The molecule has 1 aromatic rings. The molecule has 1 rings (SSSR count). The molecule has 1 aromatic carbocycles. The van der Waals surface area contributed by atoms with Crippen LogP contribution in [0.3, 0.4) is 0 Å². The highest BCUT2D eigenvalue weighted by molar-refractivity contribution is 5.71. The average Bonchev–Trinajstić information content (AvgIpc) is 2.34. The van der Waals surface area contributed by atoms with E-state index in [0.717, 1.165) is 12.0 Å². The van der Waals surface area contributed by atoms with Crippen LogP contribution in [-0.4, -0.2) is 5.97 Å². The Morgan fingerprint density at radius 2 is 1.76 bits per heavy atom. The molecule has 0 saturated carbocycles. The van der Waals surface area contributed by atoms with Crippen LogP contribution in [0.1, 0.15) is 44.7 Å². The van der Waals surface area contributed by atoms with Crippen molar-refractivity contribution in [3.8, 4) is 0 Å². The number of carbonyl (C=O) groups excluding carboxylic acids is 1. The van der Waals surface area contributed by atoms with Gasteiger partial charge in [0, 0.05) is 0 Å². The lowest BCUT2D eigenvalue weighted by Gasteiger charge is -2.07. The molecule has 17 heavy (non-hydrogen) atoms. The number of aryl methyl sites for hydroxylation is 1. The van der Waals surface area contributed by atoms with Gasteiger partial charge in [-0.05, 0) is 24.0 Å². The van der Waals surface area contributed by atoms with Crippen LogP contribution in [0.2, 0.25) is 0 Å². The minimum absolute atomic E-state index is 0.0566. The van der Waals surface area contributed by atoms with Gasteiger partial charge in [-0.3, -0.25) is 4.79 Å². The highest BCUT2D eigenvalue weighted by Crippen LogP contribution is 2.09. The number of rotatable bonds is 6. The smallest absolute Gasteiger partial charge is 0.308 e. The maximum atomic E-state index is 11.3. The van der Waals surface area contributed by atoms with Crippen molar-refractivity contribution in [3.05, 3.63) is 35.4 Å². The molecule has 0 unspecified atom stereocenters. The summed E-state index contributed by atoms with van der Waals surface area (Å²) < 4.78 is 5.17. The Kier molecular flexibility index (Phi) is 5.75. The summed E-state index contributed by atoms with van der Waals surface area (Å²) in [7, 11) is 0. The predicted molar refractivity (Wildman–Crippen MR) is 69.7 cm³/mol. The number of unbranched alkanes of at least 4 members (excludes halogenated alkanes) is 1. The number of hydrogen-bond donors (Lipinski definition) is 0. The Bertz CT molecular complexity index is 338. The van der Waals surface area contributed by atoms with Crippen molar-refractivity contribution in [3.63, 3.8) is 0 Å². The van der Waals surface area contributed by atoms with Gasteiger partial charge in [0.25, 0.3) is 0 Å². The van der Waals surface area contributed by atoms with Crippen molar-refractivity contribution < 1.29 is 9.53 Å². The van der Waals surface area contributed by atoms with Gasteiger partial charge in [-0.1, -0.05) is 51.5 Å². The van der Waals surface area contributed by atoms with Crippen LogP contribution >= 0.6 is 0 Å². The third kappa shape index (κ3) is 5.03. The van der Waals surface area contributed by atoms with Crippen molar-refractivity contribution >= 4 is 5.97 Å². The molecule has 0 aliphatic rings. The molecule has 0 aromatic heterocycles. The summed E-state index contributed by atoms with van der Waals surface area (Å²) in [6.45, 7) is 6.26. The highest BCUT2D eigenvalue weighted by atomic mass is 16.5. The SMILES string of the molecule is CCCCc1ccc(COC(=O)C(C)C)cc1. The van der Waals surface area contributed by atoms with Gasteiger partial charge in [0.1, 0.15) is 6.61 Å². The lowest BCUT2D eigenvalue weighted by atomic mass is 10.1. The quantitative estimate of drug-likeness (QED) is 0.701. The Morgan fingerprint density at radius 3 is 2.29 bits per heavy atom. The molecular weight excluding hydrogens is 212 g/mol. The molecule has 0 aliphatic heterocycles. The van der Waals surface area contributed by atoms with Gasteiger partial charge in [0.05, 0.1) is 5.92 Å². The van der Waals surface area contributed by atoms with Gasteiger partial charge in [0.15, 0.2) is 0 Å². The van der Waals surface area contributed by atoms with E-state index in [2.05, 4.69) is 19.1 Å². The lowest BCUT2D eigenvalue weighted by Crippen LogP contribution is -2.11. The molecule has 0 saturated heterocycles. The predicted octanol–water partition coefficient (Wildman–Crippen LogP) is 3.73. The number of benzene rings is 1. The molecule has 0 fully saturated rings. The molecule has 94 valence electrons. The first kappa shape index (κ1) is 13.8. The van der Waals surface area contributed by atoms with Crippen LogP contribution in [0.25, 0.3) is 0 Å². The van der Waals surface area contributed by atoms with Gasteiger partial charge in [-0.25, -0.2) is 0 Å². The zero-order valence-corrected chi connectivity index (χ0v) is 11.0. The molecule has 0 spiro atoms. The van der Waals surface area contributed by atoms with Crippen molar-refractivity contribution in [2.75, 3.05) is 0 Å². The van der Waals surface area contributed by atoms with E-state index in [1.54, 1.807) is 0 Å². The van der Waals surface area contributed by atoms with Crippen LogP contribution in [0.5, 0.6) is 0 Å². The molecular formula is C15H22O2. The third-order valence-electron chi connectivity index (χ3n) is 2.69. The Labute approximate surface area is 104 Å². The van der Waals surface area contributed by atoms with Crippen LogP contribution in [0.4, 0.5) is 0 Å². The zero-order chi connectivity index (χ0) is 12.7. The van der Waals surface area contributed by atoms with Crippen molar-refractivity contribution in [1.82, 2.24) is 0 Å². The molecule has 0 amide bonds. The summed E-state index contributed by atoms with van der Waals surface area (Å²) in [5.41, 5.74) is 2.41. The molecule has 0 radical (unpaired) electrons. The minimum Gasteiger partial charge on any atom is -0.461 e. The van der Waals surface area contributed by atoms with Gasteiger partial charge in [-0.2, -0.15) is 0 Å². The highest BCUT2D eigenvalue weighted by Gasteiger charge is 2.07. The van der Waals surface area contributed by atoms with Gasteiger partial charge >= 0.3 is 5.97 Å². The van der Waals surface area contributed by atoms with Crippen LogP contribution in [-0.2, 0) is 22.6 Å². The molecule has 2 nitrogen and oxygen atoms in total. The average molecular weight is 234 g/mol. The topological polar surface area (TPSA) is 26.3 Å². The maximum absolute atomic E-state index is 11.3. The standard InChI is InChI=1S/C15H22O2/c1-4-5-6-13-7-9-14(10-8-13)11-17-15(16)12(2)3/h7-10,12H,4-6,11H2,1-3H3. The number of hydrogen-bond acceptors (Lipinski definition) is 2. The lowest BCUT2D eigenvalue weighted by molar-refractivity contribution is -0.148. The normalized spacial score (nSPS) is 10.6. The van der Waals surface area contributed by atoms with Gasteiger partial charge < -0.3 is 4.74 Å². The maximum Gasteiger partial charge on any atom is 0.308 e. The Hall–Kier alpha value is -1.31. The van der Waals surface area contributed by atoms with Crippen LogP contribution < -0.4 is 0 Å². The summed E-state index contributed by atoms with van der Waals surface area (Å²) in [6, 6.07) is 8.32. The van der Waals surface area contributed by atoms with E-state index < -0.39 is 0 Å². The molecule has 0 bridgehead atoms. The number of esters is 1. The largest absolute Gasteiger partial charge is 0.461 e. The summed E-state index contributed by atoms with van der Waals surface area (Å²) in [5, 5.41) is 0. The molecule has 2 heteroatoms. The minimum atomic E-state index is -0.139. The summed E-state index contributed by atoms with van der Waals surface area (Å²) >= 11 is 0. The summed E-state index contributed by atoms with van der Waals surface area (Å²) in [6.07, 6.45) is 3.57. The van der Waals surface area contributed by atoms with Crippen LogP contribution in [0, 0.1) is 5.92 Å². The van der Waals surface area contributed by atoms with E-state index in [1.807, 2.05) is 26.0 Å². The van der Waals surface area contributed by atoms with E-state index in [4.69, 9.17) is 4.74 Å². The second-order valence-electron chi connectivity index (χ2n) is 4.68. The second-order valence-corrected chi connectivity index (χ2v) is 4.68. The van der Waals surface area contributed by atoms with E-state index in [-0.39, 0.29) is 11.9 Å². The zero-order valence-electron chi connectivity index (χ0n) is 11.0. The first-order valence-corrected chi connectivity index (χ1v) is 6.38. The summed E-state index contributed by atoms with van der Waals surface area (Å²) in [4.78, 5) is 11.3. The fourth-order valence-corrected chi connectivity index (χ4v) is 1.50. The van der Waals surface area contributed by atoms with Crippen molar-refractivity contribution in [2.45, 2.75) is 46.6 Å². The van der Waals surface area contributed by atoms with E-state index in [0.29, 0.717) is 6.61 Å². The van der Waals surface area contributed by atoms with Gasteiger partial charge in [0.2, 0.25) is 0 Å². The molecule has 0 atom stereocenters. The first-order valence-electron chi connectivity index (χ1n) is 6.38. The second kappa shape index (κ2) is 7.10. The van der Waals surface area contributed by atoms with Crippen LogP contribution in [0.15, 0.2) is 24.3 Å². The van der Waals surface area contributed by atoms with E-state index in [9.17, 15) is 4.79 Å². The van der Waals surface area contributed by atoms with E-state index >= 15 is 0 Å². The molecule has 0 heterocycles. The monoisotopic (exact) mass is 234 g/mol. The van der Waals surface area contributed by atoms with E-state index in [1.165, 1.54) is 18.4 Å². The fraction of sp³-hybridized carbons (Fsp3) is 0.533. The fourth-order valence-electron chi connectivity index (χ4n) is 1.50. The van der Waals surface area contributed by atoms with Crippen molar-refractivity contribution in [1.29, 1.82) is 0 Å². The van der Waals surface area contributed by atoms with Crippen molar-refractivity contribution in [2.24, 2.45) is 5.92 Å². The Balaban J connectivity index is 2.42. The number of ether oxygens (including phenoxy) is 1.